The third-order valence-corrected chi connectivity index (χ3v) is 3.34. The van der Waals surface area contributed by atoms with Crippen molar-refractivity contribution < 1.29 is 14.3 Å². The van der Waals surface area contributed by atoms with Crippen LogP contribution in [-0.4, -0.2) is 18.1 Å². The summed E-state index contributed by atoms with van der Waals surface area (Å²) < 4.78 is 10.3. The van der Waals surface area contributed by atoms with Gasteiger partial charge in [0.25, 0.3) is 0 Å². The summed E-state index contributed by atoms with van der Waals surface area (Å²) in [5, 5.41) is 1.03. The fourth-order valence-corrected chi connectivity index (χ4v) is 2.21. The van der Waals surface area contributed by atoms with E-state index < -0.39 is 5.97 Å². The quantitative estimate of drug-likeness (QED) is 0.417. The molecule has 0 N–H and O–H groups in total. The molecule has 0 bridgehead atoms. The average Bonchev–Trinajstić information content (AvgIpc) is 2.60. The van der Waals surface area contributed by atoms with Crippen LogP contribution in [0.5, 0.6) is 11.5 Å². The van der Waals surface area contributed by atoms with Gasteiger partial charge in [0, 0.05) is 23.2 Å². The molecule has 1 aromatic heterocycles. The van der Waals surface area contributed by atoms with Crippen LogP contribution in [0, 0.1) is 0 Å². The molecular weight excluding hydrogens is 290 g/mol. The molecule has 0 unspecified atom stereocenters. The predicted molar refractivity (Wildman–Crippen MR) is 89.4 cm³/mol. The summed E-state index contributed by atoms with van der Waals surface area (Å²) in [4.78, 5) is 16.3. The predicted octanol–water partition coefficient (Wildman–Crippen LogP) is 3.86. The van der Waals surface area contributed by atoms with Crippen LogP contribution in [0.1, 0.15) is 5.56 Å². The number of para-hydroxylation sites is 1. The molecule has 0 fully saturated rings. The fourth-order valence-electron chi connectivity index (χ4n) is 2.21. The molecule has 0 spiro atoms. The highest BCUT2D eigenvalue weighted by Gasteiger charge is 2.03. The zero-order valence-corrected chi connectivity index (χ0v) is 12.6. The smallest absolute Gasteiger partial charge is 0.336 e. The molecule has 3 rings (SSSR count). The summed E-state index contributed by atoms with van der Waals surface area (Å²) in [5.74, 6) is 0.738. The number of aromatic nitrogens is 1. The Morgan fingerprint density at radius 3 is 2.52 bits per heavy atom. The zero-order valence-electron chi connectivity index (χ0n) is 12.6. The summed E-state index contributed by atoms with van der Waals surface area (Å²) in [6, 6.07) is 16.5. The number of nitrogens with zero attached hydrogens (tertiary/aromatic N) is 1. The van der Waals surface area contributed by atoms with Gasteiger partial charge in [-0.1, -0.05) is 24.3 Å². The SMILES string of the molecule is COc1ccc(OC(=O)/C=C/c2cccc3cccnc23)cc1. The first-order valence-electron chi connectivity index (χ1n) is 7.14. The van der Waals surface area contributed by atoms with E-state index in [1.165, 1.54) is 6.08 Å². The van der Waals surface area contributed by atoms with Crippen molar-refractivity contribution in [3.8, 4) is 11.5 Å². The second kappa shape index (κ2) is 6.75. The van der Waals surface area contributed by atoms with E-state index in [1.807, 2.05) is 30.3 Å². The number of hydrogen-bond acceptors (Lipinski definition) is 4. The minimum atomic E-state index is -0.442. The van der Waals surface area contributed by atoms with Gasteiger partial charge < -0.3 is 9.47 Å². The van der Waals surface area contributed by atoms with Crippen molar-refractivity contribution in [1.82, 2.24) is 4.98 Å². The van der Waals surface area contributed by atoms with Gasteiger partial charge in [0.15, 0.2) is 0 Å². The lowest BCUT2D eigenvalue weighted by Gasteiger charge is -2.03. The second-order valence-electron chi connectivity index (χ2n) is 4.85. The summed E-state index contributed by atoms with van der Waals surface area (Å²) in [6.45, 7) is 0. The summed E-state index contributed by atoms with van der Waals surface area (Å²) in [6.07, 6.45) is 4.84. The van der Waals surface area contributed by atoms with Crippen LogP contribution in [0.15, 0.2) is 66.9 Å². The molecule has 1 heterocycles. The molecule has 4 nitrogen and oxygen atoms in total. The lowest BCUT2D eigenvalue weighted by molar-refractivity contribution is -0.128. The van der Waals surface area contributed by atoms with E-state index in [2.05, 4.69) is 4.98 Å². The number of rotatable bonds is 4. The van der Waals surface area contributed by atoms with Crippen molar-refractivity contribution >= 4 is 22.9 Å². The van der Waals surface area contributed by atoms with Crippen molar-refractivity contribution in [1.29, 1.82) is 0 Å². The Balaban J connectivity index is 1.74. The number of ether oxygens (including phenoxy) is 2. The number of carbonyl (C=O) groups is 1. The molecule has 2 aromatic carbocycles. The van der Waals surface area contributed by atoms with Gasteiger partial charge in [-0.05, 0) is 36.4 Å². The first-order valence-corrected chi connectivity index (χ1v) is 7.14. The number of carbonyl (C=O) groups excluding carboxylic acids is 1. The average molecular weight is 305 g/mol. The fraction of sp³-hybridized carbons (Fsp3) is 0.0526. The first kappa shape index (κ1) is 14.8. The van der Waals surface area contributed by atoms with Gasteiger partial charge in [-0.25, -0.2) is 4.79 Å². The van der Waals surface area contributed by atoms with Crippen LogP contribution in [0.3, 0.4) is 0 Å². The molecule has 114 valence electrons. The van der Waals surface area contributed by atoms with Crippen LogP contribution in [0.25, 0.3) is 17.0 Å². The van der Waals surface area contributed by atoms with Crippen LogP contribution < -0.4 is 9.47 Å². The molecule has 0 saturated carbocycles. The number of hydrogen-bond donors (Lipinski definition) is 0. The van der Waals surface area contributed by atoms with Crippen molar-refractivity contribution in [2.75, 3.05) is 7.11 Å². The molecule has 0 atom stereocenters. The lowest BCUT2D eigenvalue weighted by atomic mass is 10.1. The Hall–Kier alpha value is -3.14. The Kier molecular flexibility index (Phi) is 4.34. The normalized spacial score (nSPS) is 10.8. The minimum Gasteiger partial charge on any atom is -0.497 e. The van der Waals surface area contributed by atoms with Gasteiger partial charge in [0.2, 0.25) is 0 Å². The van der Waals surface area contributed by atoms with Crippen molar-refractivity contribution in [3.05, 3.63) is 72.4 Å². The van der Waals surface area contributed by atoms with Gasteiger partial charge in [0.05, 0.1) is 12.6 Å². The van der Waals surface area contributed by atoms with Crippen LogP contribution in [0.2, 0.25) is 0 Å². The molecule has 0 aliphatic carbocycles. The monoisotopic (exact) mass is 305 g/mol. The van der Waals surface area contributed by atoms with Gasteiger partial charge in [0.1, 0.15) is 11.5 Å². The van der Waals surface area contributed by atoms with Gasteiger partial charge >= 0.3 is 5.97 Å². The molecule has 0 aliphatic heterocycles. The summed E-state index contributed by atoms with van der Waals surface area (Å²) in [5.41, 5.74) is 1.72. The van der Waals surface area contributed by atoms with E-state index in [0.29, 0.717) is 11.5 Å². The third-order valence-electron chi connectivity index (χ3n) is 3.34. The first-order chi connectivity index (χ1) is 11.3. The maximum absolute atomic E-state index is 11.9. The number of fused-ring (bicyclic) bond motifs is 1. The highest BCUT2D eigenvalue weighted by Crippen LogP contribution is 2.19. The Morgan fingerprint density at radius 1 is 1.00 bits per heavy atom. The highest BCUT2D eigenvalue weighted by molar-refractivity contribution is 5.93. The van der Waals surface area contributed by atoms with E-state index in [1.54, 1.807) is 43.6 Å². The standard InChI is InChI=1S/C19H15NO3/c1-22-16-8-10-17(11-9-16)23-18(21)12-7-15-5-2-4-14-6-3-13-20-19(14)15/h2-13H,1H3/b12-7+. The largest absolute Gasteiger partial charge is 0.497 e. The Labute approximate surface area is 134 Å². The van der Waals surface area contributed by atoms with Crippen LogP contribution in [-0.2, 0) is 4.79 Å². The second-order valence-corrected chi connectivity index (χ2v) is 4.85. The topological polar surface area (TPSA) is 48.4 Å². The number of methoxy groups -OCH3 is 1. The molecule has 4 heteroatoms. The van der Waals surface area contributed by atoms with E-state index in [9.17, 15) is 4.79 Å². The van der Waals surface area contributed by atoms with Gasteiger partial charge in [-0.2, -0.15) is 0 Å². The van der Waals surface area contributed by atoms with Crippen LogP contribution in [0.4, 0.5) is 0 Å². The molecule has 23 heavy (non-hydrogen) atoms. The maximum atomic E-state index is 11.9. The summed E-state index contributed by atoms with van der Waals surface area (Å²) >= 11 is 0. The van der Waals surface area contributed by atoms with Gasteiger partial charge in [-0.3, -0.25) is 4.98 Å². The molecule has 0 aliphatic rings. The third kappa shape index (κ3) is 3.55. The van der Waals surface area contributed by atoms with E-state index in [4.69, 9.17) is 9.47 Å². The Morgan fingerprint density at radius 2 is 1.74 bits per heavy atom. The number of benzene rings is 2. The lowest BCUT2D eigenvalue weighted by Crippen LogP contribution is -2.03. The molecular formula is C19H15NO3. The van der Waals surface area contributed by atoms with E-state index >= 15 is 0 Å². The van der Waals surface area contributed by atoms with Crippen molar-refractivity contribution in [2.24, 2.45) is 0 Å². The maximum Gasteiger partial charge on any atom is 0.336 e. The van der Waals surface area contributed by atoms with Gasteiger partial charge in [-0.15, -0.1) is 0 Å². The van der Waals surface area contributed by atoms with Crippen LogP contribution >= 0.6 is 0 Å². The van der Waals surface area contributed by atoms with E-state index in [-0.39, 0.29) is 0 Å². The molecule has 3 aromatic rings. The van der Waals surface area contributed by atoms with Crippen molar-refractivity contribution in [2.45, 2.75) is 0 Å². The highest BCUT2D eigenvalue weighted by atomic mass is 16.5. The van der Waals surface area contributed by atoms with Crippen molar-refractivity contribution in [3.63, 3.8) is 0 Å². The number of esters is 1. The summed E-state index contributed by atoms with van der Waals surface area (Å²) in [7, 11) is 1.59. The molecule has 0 saturated heterocycles. The molecule has 0 radical (unpaired) electrons. The number of pyridine rings is 1. The van der Waals surface area contributed by atoms with E-state index in [0.717, 1.165) is 16.5 Å². The zero-order chi connectivity index (χ0) is 16.1. The minimum absolute atomic E-state index is 0.442. The Bertz CT molecular complexity index is 849. The molecule has 0 amide bonds.